The van der Waals surface area contributed by atoms with Crippen molar-refractivity contribution in [2.45, 2.75) is 16.6 Å². The van der Waals surface area contributed by atoms with Gasteiger partial charge in [-0.3, -0.25) is 9.59 Å². The third-order valence-electron chi connectivity index (χ3n) is 3.92. The number of benzene rings is 1. The molecule has 1 saturated heterocycles. The summed E-state index contributed by atoms with van der Waals surface area (Å²) < 4.78 is 9.46. The Hall–Kier alpha value is -2.65. The van der Waals surface area contributed by atoms with E-state index in [9.17, 15) is 19.2 Å². The van der Waals surface area contributed by atoms with Gasteiger partial charge in [0.05, 0.1) is 30.6 Å². The average Bonchev–Trinajstić information content (AvgIpc) is 3.25. The van der Waals surface area contributed by atoms with Crippen molar-refractivity contribution in [3.05, 3.63) is 46.8 Å². The van der Waals surface area contributed by atoms with Crippen molar-refractivity contribution < 1.29 is 28.7 Å². The van der Waals surface area contributed by atoms with E-state index in [0.717, 1.165) is 28.0 Å². The molecule has 0 bridgehead atoms. The van der Waals surface area contributed by atoms with Crippen molar-refractivity contribution in [1.29, 1.82) is 0 Å². The molecule has 27 heavy (non-hydrogen) atoms. The van der Waals surface area contributed by atoms with E-state index in [0.29, 0.717) is 10.5 Å². The highest BCUT2D eigenvalue weighted by molar-refractivity contribution is 8.00. The molecule has 140 valence electrons. The van der Waals surface area contributed by atoms with E-state index in [-0.39, 0.29) is 17.0 Å². The van der Waals surface area contributed by atoms with Crippen LogP contribution < -0.4 is 4.90 Å². The average molecular weight is 405 g/mol. The Morgan fingerprint density at radius 1 is 1.07 bits per heavy atom. The van der Waals surface area contributed by atoms with E-state index in [1.165, 1.54) is 20.3 Å². The van der Waals surface area contributed by atoms with Crippen molar-refractivity contribution >= 4 is 51.9 Å². The SMILES string of the molecule is COC(=O)c1ccccc1SC1CC(=O)N(c2sccc2C(=O)OC)C1=O. The highest BCUT2D eigenvalue weighted by atomic mass is 32.2. The number of carbonyl (C=O) groups is 4. The lowest BCUT2D eigenvalue weighted by atomic mass is 10.2. The molecule has 0 spiro atoms. The van der Waals surface area contributed by atoms with Gasteiger partial charge in [-0.25, -0.2) is 14.5 Å². The summed E-state index contributed by atoms with van der Waals surface area (Å²) in [6.45, 7) is 0. The zero-order valence-electron chi connectivity index (χ0n) is 14.5. The molecule has 0 saturated carbocycles. The Bertz CT molecular complexity index is 922. The fraction of sp³-hybridized carbons (Fsp3) is 0.222. The number of anilines is 1. The lowest BCUT2D eigenvalue weighted by Gasteiger charge is -2.15. The number of thioether (sulfide) groups is 1. The second kappa shape index (κ2) is 7.93. The minimum atomic E-state index is -0.698. The van der Waals surface area contributed by atoms with Crippen molar-refractivity contribution in [2.24, 2.45) is 0 Å². The van der Waals surface area contributed by atoms with Crippen molar-refractivity contribution in [3.63, 3.8) is 0 Å². The minimum absolute atomic E-state index is 0.0302. The summed E-state index contributed by atoms with van der Waals surface area (Å²) in [5, 5.41) is 1.17. The van der Waals surface area contributed by atoms with E-state index in [1.807, 2.05) is 0 Å². The number of thiophene rings is 1. The summed E-state index contributed by atoms with van der Waals surface area (Å²) in [7, 11) is 2.51. The highest BCUT2D eigenvalue weighted by Crippen LogP contribution is 2.38. The predicted octanol–water partition coefficient (Wildman–Crippen LogP) is 2.75. The van der Waals surface area contributed by atoms with E-state index < -0.39 is 29.0 Å². The van der Waals surface area contributed by atoms with Gasteiger partial charge < -0.3 is 9.47 Å². The third kappa shape index (κ3) is 3.60. The maximum absolute atomic E-state index is 12.9. The molecule has 0 aliphatic carbocycles. The summed E-state index contributed by atoms with van der Waals surface area (Å²) in [4.78, 5) is 50.7. The quantitative estimate of drug-likeness (QED) is 0.558. The number of nitrogens with zero attached hydrogens (tertiary/aromatic N) is 1. The van der Waals surface area contributed by atoms with Crippen LogP contribution in [0.4, 0.5) is 5.00 Å². The highest BCUT2D eigenvalue weighted by Gasteiger charge is 2.42. The van der Waals surface area contributed by atoms with E-state index >= 15 is 0 Å². The van der Waals surface area contributed by atoms with Gasteiger partial charge in [-0.2, -0.15) is 0 Å². The smallest absolute Gasteiger partial charge is 0.340 e. The monoisotopic (exact) mass is 405 g/mol. The van der Waals surface area contributed by atoms with Crippen LogP contribution in [-0.4, -0.2) is 43.2 Å². The van der Waals surface area contributed by atoms with Crippen LogP contribution in [0.3, 0.4) is 0 Å². The minimum Gasteiger partial charge on any atom is -0.465 e. The normalized spacial score (nSPS) is 16.5. The number of methoxy groups -OCH3 is 2. The number of amides is 2. The predicted molar refractivity (Wildman–Crippen MR) is 100 cm³/mol. The summed E-state index contributed by atoms with van der Waals surface area (Å²) >= 11 is 2.25. The Balaban J connectivity index is 1.87. The number of hydrogen-bond donors (Lipinski definition) is 0. The molecular weight excluding hydrogens is 390 g/mol. The summed E-state index contributed by atoms with van der Waals surface area (Å²) in [5.74, 6) is -1.96. The Morgan fingerprint density at radius 3 is 2.44 bits per heavy atom. The zero-order valence-corrected chi connectivity index (χ0v) is 16.1. The summed E-state index contributed by atoms with van der Waals surface area (Å²) in [6, 6.07) is 8.24. The molecule has 2 aromatic rings. The van der Waals surface area contributed by atoms with Crippen LogP contribution in [0, 0.1) is 0 Å². The number of imide groups is 1. The Kier molecular flexibility index (Phi) is 5.62. The molecule has 2 amide bonds. The van der Waals surface area contributed by atoms with Gasteiger partial charge in [-0.15, -0.1) is 23.1 Å². The molecule has 1 aromatic carbocycles. The van der Waals surface area contributed by atoms with E-state index in [4.69, 9.17) is 9.47 Å². The van der Waals surface area contributed by atoms with Crippen LogP contribution >= 0.6 is 23.1 Å². The summed E-state index contributed by atoms with van der Waals surface area (Å²) in [5.41, 5.74) is 0.500. The van der Waals surface area contributed by atoms with Crippen LogP contribution in [0.25, 0.3) is 0 Å². The van der Waals surface area contributed by atoms with E-state index in [2.05, 4.69) is 0 Å². The topological polar surface area (TPSA) is 90.0 Å². The molecule has 1 aromatic heterocycles. The van der Waals surface area contributed by atoms with Gasteiger partial charge in [-0.1, -0.05) is 12.1 Å². The molecule has 0 radical (unpaired) electrons. The van der Waals surface area contributed by atoms with Crippen LogP contribution in [-0.2, 0) is 19.1 Å². The zero-order chi connectivity index (χ0) is 19.6. The van der Waals surface area contributed by atoms with Gasteiger partial charge in [-0.05, 0) is 23.6 Å². The van der Waals surface area contributed by atoms with Gasteiger partial charge in [0.25, 0.3) is 0 Å². The number of rotatable bonds is 5. The van der Waals surface area contributed by atoms with Gasteiger partial charge >= 0.3 is 11.9 Å². The molecule has 3 rings (SSSR count). The molecule has 1 unspecified atom stereocenters. The largest absolute Gasteiger partial charge is 0.465 e. The number of carbonyl (C=O) groups excluding carboxylic acids is 4. The molecule has 9 heteroatoms. The maximum atomic E-state index is 12.9. The fourth-order valence-corrected chi connectivity index (χ4v) is 4.73. The second-order valence-corrected chi connectivity index (χ2v) is 7.64. The van der Waals surface area contributed by atoms with Gasteiger partial charge in [0.15, 0.2) is 0 Å². The standard InChI is InChI=1S/C18H15NO6S2/c1-24-17(22)10-5-3-4-6-12(10)27-13-9-14(20)19(15(13)21)16-11(7-8-26-16)18(23)25-2/h3-8,13H,9H2,1-2H3. The van der Waals surface area contributed by atoms with Crippen LogP contribution in [0.1, 0.15) is 27.1 Å². The lowest BCUT2D eigenvalue weighted by molar-refractivity contribution is -0.121. The van der Waals surface area contributed by atoms with Crippen molar-refractivity contribution in [1.82, 2.24) is 0 Å². The molecule has 1 atom stereocenters. The molecule has 1 aliphatic heterocycles. The second-order valence-electron chi connectivity index (χ2n) is 5.50. The first kappa shape index (κ1) is 19.1. The molecular formula is C18H15NO6S2. The first-order valence-electron chi connectivity index (χ1n) is 7.84. The van der Waals surface area contributed by atoms with Crippen molar-refractivity contribution in [2.75, 3.05) is 19.1 Å². The summed E-state index contributed by atoms with van der Waals surface area (Å²) in [6.07, 6.45) is -0.0302. The third-order valence-corrected chi connectivity index (χ3v) is 6.08. The van der Waals surface area contributed by atoms with Gasteiger partial charge in [0.2, 0.25) is 11.8 Å². The van der Waals surface area contributed by atoms with Crippen molar-refractivity contribution in [3.8, 4) is 0 Å². The molecule has 2 heterocycles. The number of esters is 2. The number of hydrogen-bond acceptors (Lipinski definition) is 8. The van der Waals surface area contributed by atoms with Crippen LogP contribution in [0.5, 0.6) is 0 Å². The molecule has 1 fully saturated rings. The van der Waals surface area contributed by atoms with Gasteiger partial charge in [0.1, 0.15) is 5.00 Å². The molecule has 7 nitrogen and oxygen atoms in total. The first-order chi connectivity index (χ1) is 13.0. The first-order valence-corrected chi connectivity index (χ1v) is 9.60. The Morgan fingerprint density at radius 2 is 1.74 bits per heavy atom. The van der Waals surface area contributed by atoms with Crippen LogP contribution in [0.2, 0.25) is 0 Å². The molecule has 0 N–H and O–H groups in total. The lowest BCUT2D eigenvalue weighted by Crippen LogP contribution is -2.31. The maximum Gasteiger partial charge on any atom is 0.340 e. The van der Waals surface area contributed by atoms with Gasteiger partial charge in [0, 0.05) is 11.3 Å². The molecule has 1 aliphatic rings. The van der Waals surface area contributed by atoms with E-state index in [1.54, 1.807) is 29.6 Å². The Labute approximate surface area is 163 Å². The van der Waals surface area contributed by atoms with Crippen LogP contribution in [0.15, 0.2) is 40.6 Å². The number of ether oxygens (including phenoxy) is 2. The fourth-order valence-electron chi connectivity index (χ4n) is 2.65.